The molecule has 0 radical (unpaired) electrons. The van der Waals surface area contributed by atoms with Crippen LogP contribution in [0, 0.1) is 0 Å². The number of anilines is 1. The fourth-order valence-corrected chi connectivity index (χ4v) is 2.15. The maximum atomic E-state index is 3.36. The zero-order valence-electron chi connectivity index (χ0n) is 6.68. The third-order valence-corrected chi connectivity index (χ3v) is 3.64. The SMILES string of the molecule is PPc1cccc(NCCI)c1. The maximum absolute atomic E-state index is 3.36. The van der Waals surface area contributed by atoms with Crippen LogP contribution in [0.25, 0.3) is 0 Å². The van der Waals surface area contributed by atoms with Gasteiger partial charge in [-0.25, -0.2) is 0 Å². The molecule has 1 aromatic rings. The largest absolute Gasteiger partial charge is 0.384 e. The minimum absolute atomic E-state index is 0.806. The zero-order chi connectivity index (χ0) is 8.81. The monoisotopic (exact) mass is 311 g/mol. The van der Waals surface area contributed by atoms with E-state index in [4.69, 9.17) is 0 Å². The van der Waals surface area contributed by atoms with E-state index >= 15 is 0 Å². The van der Waals surface area contributed by atoms with Crippen molar-refractivity contribution in [1.29, 1.82) is 0 Å². The molecule has 0 amide bonds. The van der Waals surface area contributed by atoms with Crippen LogP contribution in [0.4, 0.5) is 5.69 Å². The fraction of sp³-hybridized carbons (Fsp3) is 0.250. The number of nitrogens with one attached hydrogen (secondary N) is 1. The van der Waals surface area contributed by atoms with Gasteiger partial charge in [-0.2, -0.15) is 0 Å². The molecule has 0 aliphatic carbocycles. The van der Waals surface area contributed by atoms with Crippen LogP contribution in [0.15, 0.2) is 24.3 Å². The molecule has 0 fully saturated rings. The van der Waals surface area contributed by atoms with E-state index in [2.05, 4.69) is 61.1 Å². The summed E-state index contributed by atoms with van der Waals surface area (Å²) in [5.41, 5.74) is 1.24. The van der Waals surface area contributed by atoms with Gasteiger partial charge < -0.3 is 5.32 Å². The molecule has 0 aliphatic heterocycles. The standard InChI is InChI=1S/C8H12INP2/c9-4-5-10-7-2-1-3-8(6-7)12-11/h1-3,6,10,12H,4-5,11H2. The molecule has 0 saturated carbocycles. The van der Waals surface area contributed by atoms with Gasteiger partial charge in [0.15, 0.2) is 0 Å². The second kappa shape index (κ2) is 6.12. The molecule has 1 aromatic carbocycles. The molecule has 1 nitrogen and oxygen atoms in total. The summed E-state index contributed by atoms with van der Waals surface area (Å²) in [6.45, 7) is 1.05. The molecule has 1 rings (SSSR count). The van der Waals surface area contributed by atoms with E-state index < -0.39 is 0 Å². The molecule has 0 bridgehead atoms. The van der Waals surface area contributed by atoms with Crippen molar-refractivity contribution in [2.45, 2.75) is 0 Å². The highest BCUT2D eigenvalue weighted by molar-refractivity contribution is 14.1. The van der Waals surface area contributed by atoms with Crippen LogP contribution in [-0.4, -0.2) is 11.0 Å². The van der Waals surface area contributed by atoms with Gasteiger partial charge in [-0.05, 0) is 17.4 Å². The van der Waals surface area contributed by atoms with Gasteiger partial charge in [0.05, 0.1) is 0 Å². The van der Waals surface area contributed by atoms with Crippen LogP contribution in [0.1, 0.15) is 0 Å². The Hall–Kier alpha value is 0.610. The average Bonchev–Trinajstić information content (AvgIpc) is 2.15. The molecule has 0 spiro atoms. The Labute approximate surface area is 91.1 Å². The quantitative estimate of drug-likeness (QED) is 0.512. The van der Waals surface area contributed by atoms with Crippen molar-refractivity contribution < 1.29 is 0 Å². The highest BCUT2D eigenvalue weighted by atomic mass is 127. The molecule has 0 aliphatic rings. The lowest BCUT2D eigenvalue weighted by molar-refractivity contribution is 1.25. The first kappa shape index (κ1) is 10.7. The van der Waals surface area contributed by atoms with Crippen LogP contribution >= 0.6 is 39.8 Å². The normalized spacial score (nSPS) is 10.8. The zero-order valence-corrected chi connectivity index (χ0v) is 11.0. The van der Waals surface area contributed by atoms with Crippen molar-refractivity contribution >= 4 is 50.8 Å². The van der Waals surface area contributed by atoms with Gasteiger partial charge in [0, 0.05) is 16.7 Å². The van der Waals surface area contributed by atoms with E-state index in [0.717, 1.165) is 19.2 Å². The van der Waals surface area contributed by atoms with E-state index in [1.54, 1.807) is 0 Å². The number of hydrogen-bond acceptors (Lipinski definition) is 1. The lowest BCUT2D eigenvalue weighted by Gasteiger charge is -2.04. The fourth-order valence-electron chi connectivity index (χ4n) is 0.911. The second-order valence-corrected chi connectivity index (χ2v) is 5.15. The van der Waals surface area contributed by atoms with Gasteiger partial charge in [-0.15, -0.1) is 8.93 Å². The lowest BCUT2D eigenvalue weighted by atomic mass is 10.3. The topological polar surface area (TPSA) is 12.0 Å². The van der Waals surface area contributed by atoms with Crippen LogP contribution in [0.2, 0.25) is 0 Å². The molecular formula is C8H12INP2. The molecule has 12 heavy (non-hydrogen) atoms. The predicted molar refractivity (Wildman–Crippen MR) is 71.5 cm³/mol. The first-order valence-corrected chi connectivity index (χ1v) is 8.07. The van der Waals surface area contributed by atoms with Crippen LogP contribution < -0.4 is 10.6 Å². The minimum Gasteiger partial charge on any atom is -0.384 e. The highest BCUT2D eigenvalue weighted by Gasteiger charge is 1.91. The lowest BCUT2D eigenvalue weighted by Crippen LogP contribution is -2.03. The summed E-state index contributed by atoms with van der Waals surface area (Å²) in [7, 11) is 3.57. The van der Waals surface area contributed by atoms with E-state index in [9.17, 15) is 0 Å². The molecular weight excluding hydrogens is 299 g/mol. The summed E-state index contributed by atoms with van der Waals surface area (Å²) in [6, 6.07) is 8.57. The second-order valence-electron chi connectivity index (χ2n) is 2.34. The molecule has 1 N–H and O–H groups in total. The van der Waals surface area contributed by atoms with Crippen molar-refractivity contribution in [3.05, 3.63) is 24.3 Å². The van der Waals surface area contributed by atoms with E-state index in [1.807, 2.05) is 0 Å². The Bertz CT molecular complexity index is 242. The molecule has 0 saturated heterocycles. The van der Waals surface area contributed by atoms with Gasteiger partial charge in [0.1, 0.15) is 0 Å². The van der Waals surface area contributed by atoms with Gasteiger partial charge in [0.25, 0.3) is 0 Å². The molecule has 66 valence electrons. The summed E-state index contributed by atoms with van der Waals surface area (Å²) in [5.74, 6) is 0. The van der Waals surface area contributed by atoms with Gasteiger partial charge in [0.2, 0.25) is 0 Å². The number of halogens is 1. The van der Waals surface area contributed by atoms with Gasteiger partial charge in [-0.1, -0.05) is 43.0 Å². The van der Waals surface area contributed by atoms with Crippen LogP contribution in [0.3, 0.4) is 0 Å². The first-order chi connectivity index (χ1) is 5.86. The Kier molecular flexibility index (Phi) is 5.45. The predicted octanol–water partition coefficient (Wildman–Crippen LogP) is 2.63. The summed E-state index contributed by atoms with van der Waals surface area (Å²) in [6.07, 6.45) is 0. The highest BCUT2D eigenvalue weighted by Crippen LogP contribution is 2.20. The first-order valence-electron chi connectivity index (χ1n) is 3.73. The molecule has 4 heteroatoms. The Morgan fingerprint density at radius 2 is 2.33 bits per heavy atom. The summed E-state index contributed by atoms with van der Waals surface area (Å²) in [5, 5.41) is 4.74. The number of alkyl halides is 1. The van der Waals surface area contributed by atoms with Crippen molar-refractivity contribution in [2.24, 2.45) is 0 Å². The van der Waals surface area contributed by atoms with E-state index in [1.165, 1.54) is 11.0 Å². The Morgan fingerprint density at radius 3 is 3.00 bits per heavy atom. The summed E-state index contributed by atoms with van der Waals surface area (Å²) in [4.78, 5) is 0. The van der Waals surface area contributed by atoms with Crippen LogP contribution in [0.5, 0.6) is 0 Å². The Balaban J connectivity index is 2.60. The number of hydrogen-bond donors (Lipinski definition) is 1. The molecule has 2 unspecified atom stereocenters. The van der Waals surface area contributed by atoms with Crippen molar-refractivity contribution in [1.82, 2.24) is 0 Å². The van der Waals surface area contributed by atoms with Crippen molar-refractivity contribution in [2.75, 3.05) is 16.3 Å². The van der Waals surface area contributed by atoms with Gasteiger partial charge >= 0.3 is 0 Å². The van der Waals surface area contributed by atoms with E-state index in [0.29, 0.717) is 0 Å². The maximum Gasteiger partial charge on any atom is 0.0346 e. The third kappa shape index (κ3) is 3.55. The smallest absolute Gasteiger partial charge is 0.0346 e. The molecule has 0 aromatic heterocycles. The van der Waals surface area contributed by atoms with Gasteiger partial charge in [-0.3, -0.25) is 0 Å². The minimum atomic E-state index is 0.806. The van der Waals surface area contributed by atoms with Crippen LogP contribution in [-0.2, 0) is 0 Å². The number of benzene rings is 1. The number of rotatable bonds is 4. The van der Waals surface area contributed by atoms with Crippen molar-refractivity contribution in [3.8, 4) is 0 Å². The van der Waals surface area contributed by atoms with Crippen molar-refractivity contribution in [3.63, 3.8) is 0 Å². The Morgan fingerprint density at radius 1 is 1.50 bits per heavy atom. The third-order valence-electron chi connectivity index (χ3n) is 1.45. The summed E-state index contributed by atoms with van der Waals surface area (Å²) < 4.78 is 1.14. The molecule has 2 atom stereocenters. The average molecular weight is 311 g/mol. The summed E-state index contributed by atoms with van der Waals surface area (Å²) >= 11 is 2.37. The molecule has 0 heterocycles. The van der Waals surface area contributed by atoms with E-state index in [-0.39, 0.29) is 0 Å².